The molecule has 0 radical (unpaired) electrons. The lowest BCUT2D eigenvalue weighted by atomic mass is 10.1. The Morgan fingerprint density at radius 1 is 1.24 bits per heavy atom. The molecule has 21 heavy (non-hydrogen) atoms. The van der Waals surface area contributed by atoms with Gasteiger partial charge in [-0.2, -0.15) is 0 Å². The summed E-state index contributed by atoms with van der Waals surface area (Å²) in [6.45, 7) is 3.29. The van der Waals surface area contributed by atoms with E-state index in [2.05, 4.69) is 10.6 Å². The van der Waals surface area contributed by atoms with Crippen molar-refractivity contribution in [1.29, 1.82) is 0 Å². The molecule has 1 aliphatic rings. The Morgan fingerprint density at radius 2 is 1.90 bits per heavy atom. The van der Waals surface area contributed by atoms with Gasteiger partial charge in [-0.25, -0.2) is 0 Å². The molecule has 0 saturated carbocycles. The van der Waals surface area contributed by atoms with Crippen LogP contribution in [0.5, 0.6) is 0 Å². The van der Waals surface area contributed by atoms with Crippen molar-refractivity contribution in [2.24, 2.45) is 0 Å². The summed E-state index contributed by atoms with van der Waals surface area (Å²) >= 11 is 11.7. The molecule has 0 bridgehead atoms. The number of hydrogen-bond acceptors (Lipinski definition) is 3. The third kappa shape index (κ3) is 5.83. The van der Waals surface area contributed by atoms with E-state index in [4.69, 9.17) is 27.9 Å². The van der Waals surface area contributed by atoms with Gasteiger partial charge in [0, 0.05) is 28.8 Å². The van der Waals surface area contributed by atoms with Crippen molar-refractivity contribution in [3.63, 3.8) is 0 Å². The summed E-state index contributed by atoms with van der Waals surface area (Å²) in [5.74, 6) is -0.165. The van der Waals surface area contributed by atoms with Crippen LogP contribution in [0.25, 0.3) is 0 Å². The summed E-state index contributed by atoms with van der Waals surface area (Å²) in [4.78, 5) is 11.9. The SMILES string of the molecule is O=C(NCCCOC1CCNCC1)c1cc(Cl)cc(Cl)c1. The molecule has 4 nitrogen and oxygen atoms in total. The van der Waals surface area contributed by atoms with Crippen molar-refractivity contribution in [3.05, 3.63) is 33.8 Å². The maximum absolute atomic E-state index is 11.9. The number of halogens is 2. The van der Waals surface area contributed by atoms with Gasteiger partial charge in [-0.05, 0) is 50.6 Å². The predicted molar refractivity (Wildman–Crippen MR) is 85.3 cm³/mol. The Kier molecular flexibility index (Phi) is 6.77. The molecule has 1 aromatic rings. The van der Waals surface area contributed by atoms with Crippen molar-refractivity contribution in [3.8, 4) is 0 Å². The van der Waals surface area contributed by atoms with Crippen LogP contribution in [0.3, 0.4) is 0 Å². The van der Waals surface area contributed by atoms with E-state index in [-0.39, 0.29) is 5.91 Å². The smallest absolute Gasteiger partial charge is 0.251 e. The molecule has 0 atom stereocenters. The van der Waals surface area contributed by atoms with Crippen molar-refractivity contribution < 1.29 is 9.53 Å². The second kappa shape index (κ2) is 8.59. The van der Waals surface area contributed by atoms with Crippen LogP contribution in [-0.4, -0.2) is 38.3 Å². The number of piperidine rings is 1. The highest BCUT2D eigenvalue weighted by atomic mass is 35.5. The zero-order valence-electron chi connectivity index (χ0n) is 11.8. The number of carbonyl (C=O) groups excluding carboxylic acids is 1. The first-order valence-electron chi connectivity index (χ1n) is 7.22. The van der Waals surface area contributed by atoms with Crippen molar-refractivity contribution >= 4 is 29.1 Å². The van der Waals surface area contributed by atoms with Gasteiger partial charge in [0.05, 0.1) is 6.10 Å². The summed E-state index contributed by atoms with van der Waals surface area (Å²) in [5.41, 5.74) is 0.478. The lowest BCUT2D eigenvalue weighted by molar-refractivity contribution is 0.0318. The summed E-state index contributed by atoms with van der Waals surface area (Å²) in [6.07, 6.45) is 3.28. The number of hydrogen-bond donors (Lipinski definition) is 2. The molecule has 2 rings (SSSR count). The fraction of sp³-hybridized carbons (Fsp3) is 0.533. The average Bonchev–Trinajstić information content (AvgIpc) is 2.47. The highest BCUT2D eigenvalue weighted by Gasteiger charge is 2.12. The topological polar surface area (TPSA) is 50.4 Å². The molecule has 0 unspecified atom stereocenters. The molecule has 2 N–H and O–H groups in total. The van der Waals surface area contributed by atoms with Gasteiger partial charge in [0.1, 0.15) is 0 Å². The van der Waals surface area contributed by atoms with E-state index >= 15 is 0 Å². The van der Waals surface area contributed by atoms with E-state index in [1.54, 1.807) is 18.2 Å². The van der Waals surface area contributed by atoms with E-state index < -0.39 is 0 Å². The molecule has 1 heterocycles. The van der Waals surface area contributed by atoms with Crippen molar-refractivity contribution in [1.82, 2.24) is 10.6 Å². The lowest BCUT2D eigenvalue weighted by Crippen LogP contribution is -2.33. The summed E-state index contributed by atoms with van der Waals surface area (Å²) in [5, 5.41) is 7.06. The number of rotatable bonds is 6. The molecule has 1 saturated heterocycles. The summed E-state index contributed by atoms with van der Waals surface area (Å²) in [7, 11) is 0. The quantitative estimate of drug-likeness (QED) is 0.788. The zero-order chi connectivity index (χ0) is 15.1. The minimum Gasteiger partial charge on any atom is -0.378 e. The third-order valence-corrected chi connectivity index (χ3v) is 3.81. The minimum absolute atomic E-state index is 0.165. The molecule has 1 fully saturated rings. The molecule has 0 aliphatic carbocycles. The molecular formula is C15H20Cl2N2O2. The van der Waals surface area contributed by atoms with Gasteiger partial charge >= 0.3 is 0 Å². The van der Waals surface area contributed by atoms with Gasteiger partial charge < -0.3 is 15.4 Å². The monoisotopic (exact) mass is 330 g/mol. The molecule has 1 amide bonds. The molecule has 0 aromatic heterocycles. The molecule has 116 valence electrons. The molecule has 6 heteroatoms. The first-order chi connectivity index (χ1) is 10.1. The normalized spacial score (nSPS) is 15.9. The van der Waals surface area contributed by atoms with Crippen LogP contribution in [0.15, 0.2) is 18.2 Å². The number of carbonyl (C=O) groups is 1. The second-order valence-electron chi connectivity index (χ2n) is 5.09. The van der Waals surface area contributed by atoms with E-state index in [0.717, 1.165) is 32.4 Å². The largest absolute Gasteiger partial charge is 0.378 e. The number of nitrogens with one attached hydrogen (secondary N) is 2. The van der Waals surface area contributed by atoms with Gasteiger partial charge in [-0.15, -0.1) is 0 Å². The fourth-order valence-corrected chi connectivity index (χ4v) is 2.80. The van der Waals surface area contributed by atoms with Gasteiger partial charge in [0.15, 0.2) is 0 Å². The summed E-state index contributed by atoms with van der Waals surface area (Å²) in [6, 6.07) is 4.81. The third-order valence-electron chi connectivity index (χ3n) is 3.37. The standard InChI is InChI=1S/C15H20Cl2N2O2/c16-12-8-11(9-13(17)10-12)15(20)19-4-1-7-21-14-2-5-18-6-3-14/h8-10,14,18H,1-7H2,(H,19,20). The molecule has 1 aliphatic heterocycles. The minimum atomic E-state index is -0.165. The molecule has 1 aromatic carbocycles. The van der Waals surface area contributed by atoms with Crippen LogP contribution in [0.2, 0.25) is 10.0 Å². The summed E-state index contributed by atoms with van der Waals surface area (Å²) < 4.78 is 5.78. The Balaban J connectivity index is 1.64. The van der Waals surface area contributed by atoms with E-state index in [0.29, 0.717) is 34.9 Å². The fourth-order valence-electron chi connectivity index (χ4n) is 2.27. The first-order valence-corrected chi connectivity index (χ1v) is 7.97. The highest BCUT2D eigenvalue weighted by molar-refractivity contribution is 6.35. The van der Waals surface area contributed by atoms with Crippen LogP contribution in [0.1, 0.15) is 29.6 Å². The second-order valence-corrected chi connectivity index (χ2v) is 5.96. The average molecular weight is 331 g/mol. The van der Waals surface area contributed by atoms with E-state index in [1.807, 2.05) is 0 Å². The van der Waals surface area contributed by atoms with Crippen LogP contribution >= 0.6 is 23.2 Å². The highest BCUT2D eigenvalue weighted by Crippen LogP contribution is 2.18. The number of benzene rings is 1. The molecular weight excluding hydrogens is 311 g/mol. The van der Waals surface area contributed by atoms with Crippen LogP contribution in [0.4, 0.5) is 0 Å². The Hall–Kier alpha value is -0.810. The van der Waals surface area contributed by atoms with Gasteiger partial charge in [-0.1, -0.05) is 23.2 Å². The van der Waals surface area contributed by atoms with E-state index in [9.17, 15) is 4.79 Å². The Morgan fingerprint density at radius 3 is 2.57 bits per heavy atom. The van der Waals surface area contributed by atoms with Gasteiger partial charge in [-0.3, -0.25) is 4.79 Å². The first kappa shape index (κ1) is 16.6. The number of ether oxygens (including phenoxy) is 1. The lowest BCUT2D eigenvalue weighted by Gasteiger charge is -2.22. The Labute approximate surface area is 135 Å². The maximum Gasteiger partial charge on any atom is 0.251 e. The van der Waals surface area contributed by atoms with Crippen molar-refractivity contribution in [2.75, 3.05) is 26.2 Å². The van der Waals surface area contributed by atoms with Crippen LogP contribution in [0, 0.1) is 0 Å². The van der Waals surface area contributed by atoms with Crippen LogP contribution < -0.4 is 10.6 Å². The van der Waals surface area contributed by atoms with E-state index in [1.165, 1.54) is 0 Å². The van der Waals surface area contributed by atoms with Crippen molar-refractivity contribution in [2.45, 2.75) is 25.4 Å². The predicted octanol–water partition coefficient (Wildman–Crippen LogP) is 2.88. The van der Waals surface area contributed by atoms with Crippen LogP contribution in [-0.2, 0) is 4.74 Å². The zero-order valence-corrected chi connectivity index (χ0v) is 13.3. The number of amides is 1. The molecule has 0 spiro atoms. The van der Waals surface area contributed by atoms with Gasteiger partial charge in [0.2, 0.25) is 0 Å². The van der Waals surface area contributed by atoms with Gasteiger partial charge in [0.25, 0.3) is 5.91 Å². The maximum atomic E-state index is 11.9. The Bertz CT molecular complexity index is 456.